The second kappa shape index (κ2) is 6.45. The fourth-order valence-corrected chi connectivity index (χ4v) is 3.27. The lowest BCUT2D eigenvalue weighted by atomic mass is 9.95. The van der Waals surface area contributed by atoms with Crippen molar-refractivity contribution in [2.24, 2.45) is 11.8 Å². The molecular weight excluding hydrogens is 272 g/mol. The van der Waals surface area contributed by atoms with Gasteiger partial charge in [0.25, 0.3) is 0 Å². The van der Waals surface area contributed by atoms with Crippen LogP contribution in [0.15, 0.2) is 0 Å². The number of hydrogen-bond acceptors (Lipinski definition) is 3. The van der Waals surface area contributed by atoms with Gasteiger partial charge in [-0.1, -0.05) is 13.8 Å². The summed E-state index contributed by atoms with van der Waals surface area (Å²) in [5.41, 5.74) is 0. The first-order valence-corrected chi connectivity index (χ1v) is 7.74. The number of hydrogen-bond donors (Lipinski definition) is 1. The Kier molecular flexibility index (Phi) is 4.85. The lowest BCUT2D eigenvalue weighted by Gasteiger charge is -2.35. The van der Waals surface area contributed by atoms with E-state index < -0.39 is 12.0 Å². The highest BCUT2D eigenvalue weighted by Crippen LogP contribution is 2.25. The van der Waals surface area contributed by atoms with Crippen molar-refractivity contribution in [3.63, 3.8) is 0 Å². The number of likely N-dealkylation sites (tertiary alicyclic amines) is 2. The maximum absolute atomic E-state index is 12.6. The number of rotatable bonds is 3. The van der Waals surface area contributed by atoms with E-state index in [2.05, 4.69) is 0 Å². The number of carbonyl (C=O) groups excluding carboxylic acids is 2. The van der Waals surface area contributed by atoms with Gasteiger partial charge in [0.1, 0.15) is 6.04 Å². The first-order valence-electron chi connectivity index (χ1n) is 7.74. The van der Waals surface area contributed by atoms with Crippen LogP contribution in [0.4, 0.5) is 0 Å². The molecular formula is C15H24N2O4. The number of carboxylic acid groups (broad SMARTS) is 1. The van der Waals surface area contributed by atoms with Gasteiger partial charge in [-0.05, 0) is 25.7 Å². The number of amides is 2. The maximum Gasteiger partial charge on any atom is 0.326 e. The zero-order valence-corrected chi connectivity index (χ0v) is 12.7. The average molecular weight is 296 g/mol. The third kappa shape index (κ3) is 3.36. The first-order chi connectivity index (χ1) is 9.91. The fourth-order valence-electron chi connectivity index (χ4n) is 3.27. The number of carboxylic acids is 1. The average Bonchev–Trinajstić information content (AvgIpc) is 2.95. The predicted octanol–water partition coefficient (Wildman–Crippen LogP) is 0.957. The Morgan fingerprint density at radius 1 is 1.10 bits per heavy atom. The number of carbonyl (C=O) groups is 3. The minimum atomic E-state index is -0.924. The largest absolute Gasteiger partial charge is 0.480 e. The molecule has 2 saturated heterocycles. The highest BCUT2D eigenvalue weighted by molar-refractivity contribution is 5.86. The Balaban J connectivity index is 2.02. The van der Waals surface area contributed by atoms with Crippen molar-refractivity contribution in [2.75, 3.05) is 19.6 Å². The van der Waals surface area contributed by atoms with Crippen LogP contribution in [0.3, 0.4) is 0 Å². The van der Waals surface area contributed by atoms with Crippen LogP contribution in [-0.4, -0.2) is 58.4 Å². The van der Waals surface area contributed by atoms with Gasteiger partial charge in [-0.15, -0.1) is 0 Å². The summed E-state index contributed by atoms with van der Waals surface area (Å²) >= 11 is 0. The van der Waals surface area contributed by atoms with E-state index in [1.54, 1.807) is 4.90 Å². The van der Waals surface area contributed by atoms with Crippen molar-refractivity contribution >= 4 is 17.8 Å². The Morgan fingerprint density at radius 2 is 1.76 bits per heavy atom. The minimum absolute atomic E-state index is 0.0718. The van der Waals surface area contributed by atoms with E-state index in [-0.39, 0.29) is 23.7 Å². The highest BCUT2D eigenvalue weighted by Gasteiger charge is 2.39. The second-order valence-electron chi connectivity index (χ2n) is 6.31. The summed E-state index contributed by atoms with van der Waals surface area (Å²) in [6.07, 6.45) is 2.82. The van der Waals surface area contributed by atoms with E-state index in [1.807, 2.05) is 13.8 Å². The van der Waals surface area contributed by atoms with Gasteiger partial charge >= 0.3 is 5.97 Å². The molecule has 0 aromatic heterocycles. The Labute approximate surface area is 125 Å². The number of piperidine rings is 1. The molecule has 2 aliphatic rings. The van der Waals surface area contributed by atoms with E-state index in [9.17, 15) is 19.5 Å². The molecule has 0 spiro atoms. The molecule has 21 heavy (non-hydrogen) atoms. The molecule has 118 valence electrons. The van der Waals surface area contributed by atoms with Crippen LogP contribution in [0.25, 0.3) is 0 Å². The van der Waals surface area contributed by atoms with Crippen LogP contribution < -0.4 is 0 Å². The third-order valence-electron chi connectivity index (χ3n) is 4.40. The van der Waals surface area contributed by atoms with Crippen molar-refractivity contribution in [3.8, 4) is 0 Å². The van der Waals surface area contributed by atoms with Crippen LogP contribution in [0.1, 0.15) is 39.5 Å². The van der Waals surface area contributed by atoms with Gasteiger partial charge in [0.05, 0.1) is 5.92 Å². The van der Waals surface area contributed by atoms with Gasteiger partial charge in [-0.25, -0.2) is 4.79 Å². The SMILES string of the molecule is CC(C)C(=O)N1CCCC(C(=O)N2CCCC2C(=O)O)C1. The van der Waals surface area contributed by atoms with Gasteiger partial charge in [0.2, 0.25) is 11.8 Å². The van der Waals surface area contributed by atoms with Gasteiger partial charge in [0, 0.05) is 25.6 Å². The molecule has 0 bridgehead atoms. The normalized spacial score (nSPS) is 26.2. The third-order valence-corrected chi connectivity index (χ3v) is 4.40. The topological polar surface area (TPSA) is 77.9 Å². The van der Waals surface area contributed by atoms with Crippen LogP contribution in [0, 0.1) is 11.8 Å². The quantitative estimate of drug-likeness (QED) is 0.841. The second-order valence-corrected chi connectivity index (χ2v) is 6.31. The van der Waals surface area contributed by atoms with Crippen molar-refractivity contribution in [3.05, 3.63) is 0 Å². The van der Waals surface area contributed by atoms with E-state index in [0.717, 1.165) is 19.3 Å². The van der Waals surface area contributed by atoms with Crippen molar-refractivity contribution in [1.82, 2.24) is 9.80 Å². The lowest BCUT2D eigenvalue weighted by Crippen LogP contribution is -2.50. The Hall–Kier alpha value is -1.59. The summed E-state index contributed by atoms with van der Waals surface area (Å²) in [7, 11) is 0. The van der Waals surface area contributed by atoms with Crippen LogP contribution in [0.5, 0.6) is 0 Å². The summed E-state index contributed by atoms with van der Waals surface area (Å²) in [4.78, 5) is 39.1. The standard InChI is InChI=1S/C15H24N2O4/c1-10(2)13(18)16-7-3-5-11(9-16)14(19)17-8-4-6-12(17)15(20)21/h10-12H,3-9H2,1-2H3,(H,20,21). The number of aliphatic carboxylic acids is 1. The van der Waals surface area contributed by atoms with Crippen molar-refractivity contribution < 1.29 is 19.5 Å². The maximum atomic E-state index is 12.6. The molecule has 6 heteroatoms. The van der Waals surface area contributed by atoms with Crippen LogP contribution in [-0.2, 0) is 14.4 Å². The molecule has 0 aliphatic carbocycles. The highest BCUT2D eigenvalue weighted by atomic mass is 16.4. The van der Waals surface area contributed by atoms with Crippen molar-refractivity contribution in [1.29, 1.82) is 0 Å². The van der Waals surface area contributed by atoms with Gasteiger partial charge in [0.15, 0.2) is 0 Å². The molecule has 0 radical (unpaired) electrons. The summed E-state index contributed by atoms with van der Waals surface area (Å²) in [6, 6.07) is -0.686. The zero-order valence-electron chi connectivity index (χ0n) is 12.7. The fraction of sp³-hybridized carbons (Fsp3) is 0.800. The molecule has 2 rings (SSSR count). The molecule has 0 aromatic rings. The van der Waals surface area contributed by atoms with Gasteiger partial charge in [-0.2, -0.15) is 0 Å². The smallest absolute Gasteiger partial charge is 0.326 e. The van der Waals surface area contributed by atoms with Crippen LogP contribution in [0.2, 0.25) is 0 Å². The lowest BCUT2D eigenvalue weighted by molar-refractivity contribution is -0.151. The van der Waals surface area contributed by atoms with Crippen molar-refractivity contribution in [2.45, 2.75) is 45.6 Å². The van der Waals surface area contributed by atoms with Gasteiger partial charge < -0.3 is 14.9 Å². The summed E-state index contributed by atoms with van der Waals surface area (Å²) in [5.74, 6) is -1.27. The molecule has 0 aromatic carbocycles. The monoisotopic (exact) mass is 296 g/mol. The van der Waals surface area contributed by atoms with Crippen LogP contribution >= 0.6 is 0 Å². The molecule has 2 amide bonds. The van der Waals surface area contributed by atoms with E-state index in [1.165, 1.54) is 4.90 Å². The molecule has 2 aliphatic heterocycles. The van der Waals surface area contributed by atoms with Gasteiger partial charge in [-0.3, -0.25) is 9.59 Å². The number of nitrogens with zero attached hydrogens (tertiary/aromatic N) is 2. The van der Waals surface area contributed by atoms with E-state index in [0.29, 0.717) is 26.1 Å². The summed E-state index contributed by atoms with van der Waals surface area (Å²) in [5, 5.41) is 9.19. The molecule has 6 nitrogen and oxygen atoms in total. The van der Waals surface area contributed by atoms with E-state index >= 15 is 0 Å². The van der Waals surface area contributed by atoms with E-state index in [4.69, 9.17) is 0 Å². The summed E-state index contributed by atoms with van der Waals surface area (Å²) in [6.45, 7) is 5.36. The Bertz CT molecular complexity index is 435. The molecule has 2 atom stereocenters. The summed E-state index contributed by atoms with van der Waals surface area (Å²) < 4.78 is 0. The Morgan fingerprint density at radius 3 is 2.38 bits per heavy atom. The minimum Gasteiger partial charge on any atom is -0.480 e. The zero-order chi connectivity index (χ0) is 15.6. The molecule has 1 N–H and O–H groups in total. The molecule has 2 unspecified atom stereocenters. The molecule has 2 fully saturated rings. The molecule has 2 heterocycles. The first kappa shape index (κ1) is 15.8. The molecule has 0 saturated carbocycles. The predicted molar refractivity (Wildman–Crippen MR) is 76.5 cm³/mol.